The molecule has 0 aliphatic rings. The fourth-order valence-corrected chi connectivity index (χ4v) is 2.36. The molecule has 0 aromatic carbocycles. The second-order valence-corrected chi connectivity index (χ2v) is 6.25. The molecule has 5 nitrogen and oxygen atoms in total. The molecule has 0 amide bonds. The van der Waals surface area contributed by atoms with Crippen LogP contribution in [0.1, 0.15) is 40.0 Å². The van der Waals surface area contributed by atoms with Crippen molar-refractivity contribution >= 4 is 5.97 Å². The summed E-state index contributed by atoms with van der Waals surface area (Å²) in [6.45, 7) is 8.91. The molecule has 1 unspecified atom stereocenters. The zero-order valence-corrected chi connectivity index (χ0v) is 14.1. The van der Waals surface area contributed by atoms with Crippen LogP contribution >= 0.6 is 0 Å². The summed E-state index contributed by atoms with van der Waals surface area (Å²) in [6.07, 6.45) is 2.18. The first kappa shape index (κ1) is 19.4. The van der Waals surface area contributed by atoms with Crippen molar-refractivity contribution in [3.05, 3.63) is 0 Å². The first-order valence-electron chi connectivity index (χ1n) is 7.58. The summed E-state index contributed by atoms with van der Waals surface area (Å²) < 4.78 is 0. The van der Waals surface area contributed by atoms with Crippen LogP contribution in [0, 0.1) is 0 Å². The number of nitrogens with zero attached hydrogens (tertiary/aromatic N) is 2. The van der Waals surface area contributed by atoms with E-state index in [1.807, 2.05) is 20.8 Å². The molecule has 0 spiro atoms. The van der Waals surface area contributed by atoms with Crippen molar-refractivity contribution in [1.82, 2.24) is 15.1 Å². The Kier molecular flexibility index (Phi) is 9.01. The van der Waals surface area contributed by atoms with Crippen LogP contribution in [0.15, 0.2) is 0 Å². The summed E-state index contributed by atoms with van der Waals surface area (Å²) in [5, 5.41) is 12.8. The van der Waals surface area contributed by atoms with Gasteiger partial charge >= 0.3 is 5.97 Å². The van der Waals surface area contributed by atoms with E-state index in [4.69, 9.17) is 0 Å². The molecule has 0 heterocycles. The van der Waals surface area contributed by atoms with Crippen LogP contribution in [-0.4, -0.2) is 73.2 Å². The number of nitrogens with one attached hydrogen (secondary N) is 1. The molecule has 0 radical (unpaired) electrons. The average molecular weight is 287 g/mol. The van der Waals surface area contributed by atoms with Crippen LogP contribution in [0.3, 0.4) is 0 Å². The number of carbonyl (C=O) groups is 1. The maximum atomic E-state index is 11.6. The van der Waals surface area contributed by atoms with Gasteiger partial charge in [-0.25, -0.2) is 0 Å². The van der Waals surface area contributed by atoms with Gasteiger partial charge in [0.15, 0.2) is 0 Å². The molecule has 0 fully saturated rings. The van der Waals surface area contributed by atoms with E-state index < -0.39 is 11.5 Å². The minimum absolute atomic E-state index is 0.178. The standard InChI is InChI=1S/C15H33N3O2/c1-7-15(14(19)20,16-13(2)3)9-8-10-18(6)12-11-17(4)5/h13,16H,7-12H2,1-6H3,(H,19,20). The highest BCUT2D eigenvalue weighted by molar-refractivity contribution is 5.78. The Morgan fingerprint density at radius 1 is 1.20 bits per heavy atom. The minimum Gasteiger partial charge on any atom is -0.480 e. The molecule has 0 saturated heterocycles. The molecule has 1 atom stereocenters. The van der Waals surface area contributed by atoms with Gasteiger partial charge in [0, 0.05) is 19.1 Å². The third kappa shape index (κ3) is 7.22. The predicted octanol–water partition coefficient (Wildman–Crippen LogP) is 1.49. The topological polar surface area (TPSA) is 55.8 Å². The molecule has 0 rings (SSSR count). The average Bonchev–Trinajstić information content (AvgIpc) is 2.34. The van der Waals surface area contributed by atoms with Crippen molar-refractivity contribution in [2.45, 2.75) is 51.6 Å². The Morgan fingerprint density at radius 3 is 2.20 bits per heavy atom. The van der Waals surface area contributed by atoms with E-state index in [0.29, 0.717) is 12.8 Å². The van der Waals surface area contributed by atoms with Gasteiger partial charge in [-0.15, -0.1) is 0 Å². The highest BCUT2D eigenvalue weighted by Crippen LogP contribution is 2.19. The lowest BCUT2D eigenvalue weighted by molar-refractivity contribution is -0.145. The Bertz CT molecular complexity index is 282. The van der Waals surface area contributed by atoms with Crippen LogP contribution in [0.4, 0.5) is 0 Å². The van der Waals surface area contributed by atoms with Gasteiger partial charge in [-0.1, -0.05) is 6.92 Å². The second-order valence-electron chi connectivity index (χ2n) is 6.25. The highest BCUT2D eigenvalue weighted by Gasteiger charge is 2.36. The van der Waals surface area contributed by atoms with Gasteiger partial charge < -0.3 is 14.9 Å². The van der Waals surface area contributed by atoms with Crippen molar-refractivity contribution in [3.8, 4) is 0 Å². The maximum Gasteiger partial charge on any atom is 0.323 e. The number of carboxylic acid groups (broad SMARTS) is 1. The van der Waals surface area contributed by atoms with E-state index in [1.165, 1.54) is 0 Å². The molecular formula is C15H33N3O2. The van der Waals surface area contributed by atoms with Crippen LogP contribution in [0.25, 0.3) is 0 Å². The summed E-state index contributed by atoms with van der Waals surface area (Å²) in [4.78, 5) is 16.0. The lowest BCUT2D eigenvalue weighted by Gasteiger charge is -2.32. The van der Waals surface area contributed by atoms with Crippen LogP contribution in [0.2, 0.25) is 0 Å². The van der Waals surface area contributed by atoms with E-state index in [2.05, 4.69) is 36.3 Å². The Hall–Kier alpha value is -0.650. The Balaban J connectivity index is 4.30. The predicted molar refractivity (Wildman–Crippen MR) is 84.2 cm³/mol. The van der Waals surface area contributed by atoms with Gasteiger partial charge in [0.1, 0.15) is 5.54 Å². The lowest BCUT2D eigenvalue weighted by Crippen LogP contribution is -2.54. The van der Waals surface area contributed by atoms with E-state index >= 15 is 0 Å². The van der Waals surface area contributed by atoms with E-state index in [1.54, 1.807) is 0 Å². The van der Waals surface area contributed by atoms with Crippen molar-refractivity contribution in [3.63, 3.8) is 0 Å². The molecule has 0 bridgehead atoms. The van der Waals surface area contributed by atoms with Crippen LogP contribution < -0.4 is 5.32 Å². The fraction of sp³-hybridized carbons (Fsp3) is 0.933. The summed E-state index contributed by atoms with van der Waals surface area (Å²) in [5.74, 6) is -0.732. The summed E-state index contributed by atoms with van der Waals surface area (Å²) in [7, 11) is 6.22. The van der Waals surface area contributed by atoms with E-state index in [9.17, 15) is 9.90 Å². The van der Waals surface area contributed by atoms with Gasteiger partial charge in [0.05, 0.1) is 0 Å². The quantitative estimate of drug-likeness (QED) is 0.603. The third-order valence-corrected chi connectivity index (χ3v) is 3.65. The number of likely N-dealkylation sites (N-methyl/N-ethyl adjacent to an activating group) is 2. The smallest absolute Gasteiger partial charge is 0.323 e. The Morgan fingerprint density at radius 2 is 1.80 bits per heavy atom. The number of hydrogen-bond acceptors (Lipinski definition) is 4. The maximum absolute atomic E-state index is 11.6. The van der Waals surface area contributed by atoms with Gasteiger partial charge in [-0.3, -0.25) is 10.1 Å². The molecule has 2 N–H and O–H groups in total. The minimum atomic E-state index is -0.781. The van der Waals surface area contributed by atoms with Gasteiger partial charge in [-0.05, 0) is 60.8 Å². The zero-order valence-electron chi connectivity index (χ0n) is 14.1. The Labute approximate surface area is 124 Å². The number of rotatable bonds is 11. The molecule has 0 saturated carbocycles. The summed E-state index contributed by atoms with van der Waals surface area (Å²) in [6, 6.07) is 0.178. The first-order valence-corrected chi connectivity index (χ1v) is 7.58. The second kappa shape index (κ2) is 9.32. The van der Waals surface area contributed by atoms with Gasteiger partial charge in [0.25, 0.3) is 0 Å². The molecule has 0 aromatic heterocycles. The summed E-state index contributed by atoms with van der Waals surface area (Å²) in [5.41, 5.74) is -0.781. The van der Waals surface area contributed by atoms with Crippen molar-refractivity contribution in [2.24, 2.45) is 0 Å². The number of aliphatic carboxylic acids is 1. The van der Waals surface area contributed by atoms with Gasteiger partial charge in [0.2, 0.25) is 0 Å². The monoisotopic (exact) mass is 287 g/mol. The third-order valence-electron chi connectivity index (χ3n) is 3.65. The largest absolute Gasteiger partial charge is 0.480 e. The van der Waals surface area contributed by atoms with Crippen molar-refractivity contribution in [1.29, 1.82) is 0 Å². The van der Waals surface area contributed by atoms with Crippen LogP contribution in [-0.2, 0) is 4.79 Å². The summed E-state index contributed by atoms with van der Waals surface area (Å²) >= 11 is 0. The fourth-order valence-electron chi connectivity index (χ4n) is 2.36. The van der Waals surface area contributed by atoms with Crippen LogP contribution in [0.5, 0.6) is 0 Å². The van der Waals surface area contributed by atoms with E-state index in [-0.39, 0.29) is 6.04 Å². The molecule has 0 aliphatic carbocycles. The highest BCUT2D eigenvalue weighted by atomic mass is 16.4. The zero-order chi connectivity index (χ0) is 15.8. The molecule has 0 aliphatic heterocycles. The van der Waals surface area contributed by atoms with E-state index in [0.717, 1.165) is 26.1 Å². The number of carboxylic acids is 1. The SMILES string of the molecule is CCC(CCCN(C)CCN(C)C)(NC(C)C)C(=O)O. The molecule has 5 heteroatoms. The van der Waals surface area contributed by atoms with Gasteiger partial charge in [-0.2, -0.15) is 0 Å². The number of hydrogen-bond donors (Lipinski definition) is 2. The normalized spacial score (nSPS) is 15.1. The first-order chi connectivity index (χ1) is 9.23. The molecule has 120 valence electrons. The molecular weight excluding hydrogens is 254 g/mol. The molecule has 0 aromatic rings. The molecule has 20 heavy (non-hydrogen) atoms. The van der Waals surface area contributed by atoms with Crippen molar-refractivity contribution < 1.29 is 9.90 Å². The lowest BCUT2D eigenvalue weighted by atomic mass is 9.89. The van der Waals surface area contributed by atoms with Crippen molar-refractivity contribution in [2.75, 3.05) is 40.8 Å².